The van der Waals surface area contributed by atoms with Gasteiger partial charge in [0.2, 0.25) is 11.8 Å². The molecule has 1 aromatic heterocycles. The van der Waals surface area contributed by atoms with Crippen molar-refractivity contribution in [1.29, 1.82) is 0 Å². The zero-order valence-corrected chi connectivity index (χ0v) is 13.3. The molecule has 2 N–H and O–H groups in total. The molecule has 1 aliphatic heterocycles. The molecule has 0 atom stereocenters. The van der Waals surface area contributed by atoms with Crippen LogP contribution in [0.4, 0.5) is 5.13 Å². The van der Waals surface area contributed by atoms with Crippen molar-refractivity contribution in [3.05, 3.63) is 11.1 Å². The van der Waals surface area contributed by atoms with Gasteiger partial charge in [0.25, 0.3) is 0 Å². The molecule has 1 fully saturated rings. The molecule has 7 heteroatoms. The molecule has 0 unspecified atom stereocenters. The third-order valence-corrected chi connectivity index (χ3v) is 4.34. The molecule has 0 radical (unpaired) electrons. The van der Waals surface area contributed by atoms with Crippen LogP contribution in [-0.2, 0) is 16.1 Å². The summed E-state index contributed by atoms with van der Waals surface area (Å²) in [6.07, 6.45) is 1.79. The topological polar surface area (TPSA) is 74.3 Å². The van der Waals surface area contributed by atoms with E-state index in [4.69, 9.17) is 0 Å². The van der Waals surface area contributed by atoms with E-state index in [0.717, 1.165) is 38.2 Å². The number of carbonyl (C=O) groups is 2. The number of carbonyl (C=O) groups excluding carboxylic acids is 2. The summed E-state index contributed by atoms with van der Waals surface area (Å²) in [4.78, 5) is 29.5. The average molecular weight is 310 g/mol. The fourth-order valence-corrected chi connectivity index (χ4v) is 3.24. The van der Waals surface area contributed by atoms with Crippen LogP contribution in [0.3, 0.4) is 0 Å². The van der Waals surface area contributed by atoms with Crippen LogP contribution in [0, 0.1) is 5.92 Å². The van der Waals surface area contributed by atoms with Gasteiger partial charge < -0.3 is 10.6 Å². The lowest BCUT2D eigenvalue weighted by molar-refractivity contribution is -0.126. The van der Waals surface area contributed by atoms with E-state index in [1.165, 1.54) is 18.3 Å². The van der Waals surface area contributed by atoms with Crippen molar-refractivity contribution in [3.63, 3.8) is 0 Å². The summed E-state index contributed by atoms with van der Waals surface area (Å²) in [6.45, 7) is 6.72. The van der Waals surface area contributed by atoms with E-state index in [-0.39, 0.29) is 17.7 Å². The number of anilines is 1. The summed E-state index contributed by atoms with van der Waals surface area (Å²) in [7, 11) is 0. The van der Waals surface area contributed by atoms with Gasteiger partial charge in [-0.3, -0.25) is 14.5 Å². The molecular formula is C14H22N4O2S. The molecule has 1 aromatic rings. The van der Waals surface area contributed by atoms with Crippen LogP contribution in [0.2, 0.25) is 0 Å². The number of nitrogens with zero attached hydrogens (tertiary/aromatic N) is 2. The Morgan fingerprint density at radius 1 is 1.43 bits per heavy atom. The van der Waals surface area contributed by atoms with E-state index in [9.17, 15) is 9.59 Å². The van der Waals surface area contributed by atoms with Crippen LogP contribution in [0.5, 0.6) is 0 Å². The van der Waals surface area contributed by atoms with Crippen LogP contribution in [0.15, 0.2) is 5.38 Å². The fourth-order valence-electron chi connectivity index (χ4n) is 2.49. The van der Waals surface area contributed by atoms with Gasteiger partial charge in [-0.05, 0) is 32.9 Å². The predicted molar refractivity (Wildman–Crippen MR) is 83.1 cm³/mol. The first-order valence-corrected chi connectivity index (χ1v) is 8.18. The van der Waals surface area contributed by atoms with Crippen molar-refractivity contribution < 1.29 is 9.59 Å². The number of thiazole rings is 1. The molecule has 0 spiro atoms. The van der Waals surface area contributed by atoms with E-state index < -0.39 is 0 Å². The first kappa shape index (κ1) is 15.9. The van der Waals surface area contributed by atoms with Crippen molar-refractivity contribution in [2.75, 3.05) is 25.0 Å². The number of hydrogen-bond donors (Lipinski definition) is 2. The van der Waals surface area contributed by atoms with Crippen LogP contribution >= 0.6 is 11.3 Å². The molecular weight excluding hydrogens is 288 g/mol. The van der Waals surface area contributed by atoms with Gasteiger partial charge in [0, 0.05) is 31.3 Å². The summed E-state index contributed by atoms with van der Waals surface area (Å²) < 4.78 is 0. The molecule has 0 aliphatic carbocycles. The van der Waals surface area contributed by atoms with Gasteiger partial charge in [-0.2, -0.15) is 0 Å². The molecule has 21 heavy (non-hydrogen) atoms. The maximum Gasteiger partial charge on any atom is 0.223 e. The molecule has 2 amide bonds. The lowest BCUT2D eigenvalue weighted by Gasteiger charge is -2.30. The molecule has 0 bridgehead atoms. The van der Waals surface area contributed by atoms with Gasteiger partial charge in [0.1, 0.15) is 0 Å². The van der Waals surface area contributed by atoms with E-state index in [2.05, 4.69) is 20.5 Å². The predicted octanol–water partition coefficient (Wildman–Crippen LogP) is 1.45. The van der Waals surface area contributed by atoms with Crippen molar-refractivity contribution in [2.45, 2.75) is 33.2 Å². The number of rotatable bonds is 5. The summed E-state index contributed by atoms with van der Waals surface area (Å²) in [6, 6.07) is 0. The van der Waals surface area contributed by atoms with Gasteiger partial charge in [-0.15, -0.1) is 11.3 Å². The Labute approximate surface area is 128 Å². The molecule has 6 nitrogen and oxygen atoms in total. The van der Waals surface area contributed by atoms with Crippen LogP contribution < -0.4 is 10.6 Å². The molecule has 0 saturated carbocycles. The number of amides is 2. The Bertz CT molecular complexity index is 495. The maximum absolute atomic E-state index is 11.8. The lowest BCUT2D eigenvalue weighted by Crippen LogP contribution is -2.40. The van der Waals surface area contributed by atoms with Crippen molar-refractivity contribution >= 4 is 28.3 Å². The highest BCUT2D eigenvalue weighted by Gasteiger charge is 2.24. The Hall–Kier alpha value is -1.47. The van der Waals surface area contributed by atoms with Gasteiger partial charge in [0.15, 0.2) is 5.13 Å². The number of hydrogen-bond acceptors (Lipinski definition) is 5. The summed E-state index contributed by atoms with van der Waals surface area (Å²) in [5, 5.41) is 8.21. The monoisotopic (exact) mass is 310 g/mol. The minimum atomic E-state index is -0.0985. The summed E-state index contributed by atoms with van der Waals surface area (Å²) in [5.74, 6) is 0.226. The van der Waals surface area contributed by atoms with Crippen molar-refractivity contribution in [1.82, 2.24) is 15.2 Å². The Morgan fingerprint density at radius 2 is 2.14 bits per heavy atom. The van der Waals surface area contributed by atoms with E-state index >= 15 is 0 Å². The molecule has 116 valence electrons. The Kier molecular flexibility index (Phi) is 5.69. The summed E-state index contributed by atoms with van der Waals surface area (Å²) >= 11 is 1.44. The molecule has 1 aliphatic rings. The lowest BCUT2D eigenvalue weighted by atomic mass is 9.96. The van der Waals surface area contributed by atoms with Gasteiger partial charge in [-0.25, -0.2) is 4.98 Å². The standard InChI is InChI=1S/C14H22N4O2S/c1-3-15-13(20)11-4-6-18(7-5-11)8-12-9-21-14(17-12)16-10(2)19/h9,11H,3-8H2,1-2H3,(H,15,20)(H,16,17,19). The van der Waals surface area contributed by atoms with E-state index in [1.807, 2.05) is 12.3 Å². The summed E-state index contributed by atoms with van der Waals surface area (Å²) in [5.41, 5.74) is 0.972. The molecule has 2 rings (SSSR count). The second kappa shape index (κ2) is 7.51. The second-order valence-corrected chi connectivity index (χ2v) is 6.13. The van der Waals surface area contributed by atoms with Crippen LogP contribution in [-0.4, -0.2) is 41.3 Å². The van der Waals surface area contributed by atoms with Gasteiger partial charge in [-0.1, -0.05) is 0 Å². The first-order chi connectivity index (χ1) is 10.1. The highest BCUT2D eigenvalue weighted by atomic mass is 32.1. The third-order valence-electron chi connectivity index (χ3n) is 3.53. The smallest absolute Gasteiger partial charge is 0.223 e. The number of nitrogens with one attached hydrogen (secondary N) is 2. The largest absolute Gasteiger partial charge is 0.356 e. The first-order valence-electron chi connectivity index (χ1n) is 7.30. The van der Waals surface area contributed by atoms with E-state index in [0.29, 0.717) is 11.7 Å². The Balaban J connectivity index is 1.79. The molecule has 0 aromatic carbocycles. The molecule has 1 saturated heterocycles. The minimum Gasteiger partial charge on any atom is -0.356 e. The van der Waals surface area contributed by atoms with Gasteiger partial charge >= 0.3 is 0 Å². The SMILES string of the molecule is CCNC(=O)C1CCN(Cc2csc(NC(C)=O)n2)CC1. The second-order valence-electron chi connectivity index (χ2n) is 5.27. The van der Waals surface area contributed by atoms with Crippen molar-refractivity contribution in [3.8, 4) is 0 Å². The highest BCUT2D eigenvalue weighted by Crippen LogP contribution is 2.21. The van der Waals surface area contributed by atoms with Crippen LogP contribution in [0.25, 0.3) is 0 Å². The number of piperidine rings is 1. The van der Waals surface area contributed by atoms with Gasteiger partial charge in [0.05, 0.1) is 5.69 Å². The third kappa shape index (κ3) is 4.78. The highest BCUT2D eigenvalue weighted by molar-refractivity contribution is 7.13. The van der Waals surface area contributed by atoms with Crippen LogP contribution in [0.1, 0.15) is 32.4 Å². The number of aromatic nitrogens is 1. The quantitative estimate of drug-likeness (QED) is 0.863. The average Bonchev–Trinajstić information content (AvgIpc) is 2.86. The normalized spacial score (nSPS) is 16.7. The van der Waals surface area contributed by atoms with Crippen molar-refractivity contribution in [2.24, 2.45) is 5.92 Å². The molecule has 2 heterocycles. The zero-order chi connectivity index (χ0) is 15.2. The Morgan fingerprint density at radius 3 is 2.76 bits per heavy atom. The minimum absolute atomic E-state index is 0.0985. The number of likely N-dealkylation sites (tertiary alicyclic amines) is 1. The van der Waals surface area contributed by atoms with E-state index in [1.54, 1.807) is 0 Å². The fraction of sp³-hybridized carbons (Fsp3) is 0.643. The zero-order valence-electron chi connectivity index (χ0n) is 12.5. The maximum atomic E-state index is 11.8.